The van der Waals surface area contributed by atoms with Crippen molar-refractivity contribution in [2.24, 2.45) is 5.10 Å². The molecule has 0 saturated carbocycles. The molecule has 0 aliphatic carbocycles. The minimum atomic E-state index is 0.746. The van der Waals surface area contributed by atoms with Crippen LogP contribution in [-0.4, -0.2) is 17.8 Å². The molecule has 4 nitrogen and oxygen atoms in total. The van der Waals surface area contributed by atoms with Gasteiger partial charge in [-0.05, 0) is 30.7 Å². The predicted octanol–water partition coefficient (Wildman–Crippen LogP) is 5.70. The van der Waals surface area contributed by atoms with E-state index in [-0.39, 0.29) is 0 Å². The lowest BCUT2D eigenvalue weighted by atomic mass is 10.2. The number of unbranched alkanes of at least 4 members (excludes halogenated alkanes) is 3. The lowest BCUT2D eigenvalue weighted by Crippen LogP contribution is -2.00. The first-order valence-corrected chi connectivity index (χ1v) is 9.55. The fourth-order valence-corrected chi connectivity index (χ4v) is 3.32. The third kappa shape index (κ3) is 5.03. The van der Waals surface area contributed by atoms with Crippen molar-refractivity contribution in [1.82, 2.24) is 4.98 Å². The van der Waals surface area contributed by atoms with Gasteiger partial charge in [0.1, 0.15) is 5.75 Å². The Morgan fingerprint density at radius 3 is 2.80 bits per heavy atom. The van der Waals surface area contributed by atoms with Gasteiger partial charge in [-0.15, -0.1) is 0 Å². The van der Waals surface area contributed by atoms with Gasteiger partial charge in [-0.25, -0.2) is 4.98 Å². The summed E-state index contributed by atoms with van der Waals surface area (Å²) in [5.41, 5.74) is 4.97. The topological polar surface area (TPSA) is 46.5 Å². The van der Waals surface area contributed by atoms with Gasteiger partial charge in [0, 0.05) is 5.56 Å². The van der Waals surface area contributed by atoms with Gasteiger partial charge < -0.3 is 4.74 Å². The zero-order valence-electron chi connectivity index (χ0n) is 14.4. The Hall–Kier alpha value is -2.40. The first kappa shape index (κ1) is 17.4. The number of anilines is 1. The van der Waals surface area contributed by atoms with Gasteiger partial charge in [0.15, 0.2) is 0 Å². The van der Waals surface area contributed by atoms with E-state index in [0.717, 1.165) is 39.7 Å². The van der Waals surface area contributed by atoms with E-state index in [4.69, 9.17) is 4.74 Å². The summed E-state index contributed by atoms with van der Waals surface area (Å²) in [5, 5.41) is 5.11. The van der Waals surface area contributed by atoms with Gasteiger partial charge in [-0.3, -0.25) is 5.43 Å². The summed E-state index contributed by atoms with van der Waals surface area (Å²) in [4.78, 5) is 4.51. The number of hydrazone groups is 1. The van der Waals surface area contributed by atoms with Crippen molar-refractivity contribution in [2.45, 2.75) is 32.6 Å². The van der Waals surface area contributed by atoms with E-state index in [2.05, 4.69) is 28.5 Å². The smallest absolute Gasteiger partial charge is 0.204 e. The van der Waals surface area contributed by atoms with Gasteiger partial charge in [0.25, 0.3) is 0 Å². The van der Waals surface area contributed by atoms with Crippen LogP contribution in [0.4, 0.5) is 5.13 Å². The molecule has 0 saturated heterocycles. The van der Waals surface area contributed by atoms with Crippen molar-refractivity contribution in [3.63, 3.8) is 0 Å². The Morgan fingerprint density at radius 1 is 1.08 bits per heavy atom. The average molecular weight is 353 g/mol. The molecule has 0 spiro atoms. The van der Waals surface area contributed by atoms with Crippen molar-refractivity contribution in [1.29, 1.82) is 0 Å². The maximum atomic E-state index is 5.90. The van der Waals surface area contributed by atoms with Crippen molar-refractivity contribution in [3.05, 3.63) is 54.1 Å². The molecule has 0 radical (unpaired) electrons. The number of para-hydroxylation sites is 2. The lowest BCUT2D eigenvalue weighted by molar-refractivity contribution is 0.304. The Labute approximate surface area is 152 Å². The summed E-state index contributed by atoms with van der Waals surface area (Å²) in [6.45, 7) is 2.96. The second-order valence-electron chi connectivity index (χ2n) is 5.80. The third-order valence-electron chi connectivity index (χ3n) is 3.83. The van der Waals surface area contributed by atoms with Crippen LogP contribution >= 0.6 is 11.3 Å². The largest absolute Gasteiger partial charge is 0.493 e. The first-order valence-electron chi connectivity index (χ1n) is 8.73. The quantitative estimate of drug-likeness (QED) is 0.305. The number of hydrogen-bond donors (Lipinski definition) is 1. The standard InChI is InChI=1S/C20H23N3OS/c1-2-3-4-9-14-24-18-12-7-5-10-16(18)15-21-23-20-22-17-11-6-8-13-19(17)25-20/h5-8,10-13,15H,2-4,9,14H2,1H3,(H,22,23)/b21-15+. The number of fused-ring (bicyclic) bond motifs is 1. The van der Waals surface area contributed by atoms with E-state index in [9.17, 15) is 0 Å². The van der Waals surface area contributed by atoms with Gasteiger partial charge >= 0.3 is 0 Å². The summed E-state index contributed by atoms with van der Waals surface area (Å²) in [6, 6.07) is 16.0. The molecule has 1 heterocycles. The summed E-state index contributed by atoms with van der Waals surface area (Å²) >= 11 is 1.59. The van der Waals surface area contributed by atoms with Crippen LogP contribution in [0, 0.1) is 0 Å². The molecular weight excluding hydrogens is 330 g/mol. The van der Waals surface area contributed by atoms with Gasteiger partial charge in [0.2, 0.25) is 5.13 Å². The van der Waals surface area contributed by atoms with Crippen molar-refractivity contribution in [3.8, 4) is 5.75 Å². The fraction of sp³-hybridized carbons (Fsp3) is 0.300. The van der Waals surface area contributed by atoms with Crippen LogP contribution in [0.5, 0.6) is 5.75 Å². The second kappa shape index (κ2) is 9.18. The molecule has 25 heavy (non-hydrogen) atoms. The minimum absolute atomic E-state index is 0.746. The summed E-state index contributed by atoms with van der Waals surface area (Å²) in [5.74, 6) is 0.869. The van der Waals surface area contributed by atoms with E-state index < -0.39 is 0 Å². The Morgan fingerprint density at radius 2 is 1.92 bits per heavy atom. The van der Waals surface area contributed by atoms with Crippen LogP contribution in [0.25, 0.3) is 10.2 Å². The molecule has 0 atom stereocenters. The number of aromatic nitrogens is 1. The van der Waals surface area contributed by atoms with Crippen LogP contribution in [0.3, 0.4) is 0 Å². The van der Waals surface area contributed by atoms with E-state index in [0.29, 0.717) is 0 Å². The lowest BCUT2D eigenvalue weighted by Gasteiger charge is -2.08. The number of rotatable bonds is 9. The molecule has 0 fully saturated rings. The highest BCUT2D eigenvalue weighted by atomic mass is 32.1. The normalized spacial score (nSPS) is 11.2. The molecule has 1 N–H and O–H groups in total. The van der Waals surface area contributed by atoms with Gasteiger partial charge in [0.05, 0.1) is 23.0 Å². The Balaban J connectivity index is 1.59. The Bertz CT molecular complexity index is 795. The number of benzene rings is 2. The summed E-state index contributed by atoms with van der Waals surface area (Å²) < 4.78 is 7.05. The van der Waals surface area contributed by atoms with Gasteiger partial charge in [-0.2, -0.15) is 5.10 Å². The van der Waals surface area contributed by atoms with E-state index >= 15 is 0 Å². The van der Waals surface area contributed by atoms with Crippen LogP contribution in [0.2, 0.25) is 0 Å². The second-order valence-corrected chi connectivity index (χ2v) is 6.83. The maximum absolute atomic E-state index is 5.90. The van der Waals surface area contributed by atoms with Crippen molar-refractivity contribution in [2.75, 3.05) is 12.0 Å². The molecule has 0 bridgehead atoms. The highest BCUT2D eigenvalue weighted by Gasteiger charge is 2.02. The predicted molar refractivity (Wildman–Crippen MR) is 107 cm³/mol. The van der Waals surface area contributed by atoms with E-state index in [1.807, 2.05) is 42.5 Å². The van der Waals surface area contributed by atoms with Gasteiger partial charge in [-0.1, -0.05) is 61.8 Å². The minimum Gasteiger partial charge on any atom is -0.493 e. The van der Waals surface area contributed by atoms with Crippen LogP contribution in [-0.2, 0) is 0 Å². The molecule has 0 unspecified atom stereocenters. The molecule has 3 aromatic rings. The molecule has 5 heteroatoms. The monoisotopic (exact) mass is 353 g/mol. The van der Waals surface area contributed by atoms with Crippen LogP contribution < -0.4 is 10.2 Å². The zero-order chi connectivity index (χ0) is 17.3. The molecule has 3 rings (SSSR count). The average Bonchev–Trinajstić information content (AvgIpc) is 3.05. The fourth-order valence-electron chi connectivity index (χ4n) is 2.51. The number of thiazole rings is 1. The highest BCUT2D eigenvalue weighted by Crippen LogP contribution is 2.25. The molecular formula is C20H23N3OS. The number of nitrogens with one attached hydrogen (secondary N) is 1. The number of nitrogens with zero attached hydrogens (tertiary/aromatic N) is 2. The van der Waals surface area contributed by atoms with Crippen molar-refractivity contribution >= 4 is 32.9 Å². The van der Waals surface area contributed by atoms with Crippen LogP contribution in [0.1, 0.15) is 38.2 Å². The van der Waals surface area contributed by atoms with Crippen molar-refractivity contribution < 1.29 is 4.74 Å². The molecule has 1 aromatic heterocycles. The molecule has 2 aromatic carbocycles. The van der Waals surface area contributed by atoms with Crippen LogP contribution in [0.15, 0.2) is 53.6 Å². The third-order valence-corrected chi connectivity index (χ3v) is 4.77. The maximum Gasteiger partial charge on any atom is 0.204 e. The SMILES string of the molecule is CCCCCCOc1ccccc1/C=N/Nc1nc2ccccc2s1. The van der Waals surface area contributed by atoms with E-state index in [1.165, 1.54) is 19.3 Å². The number of hydrogen-bond acceptors (Lipinski definition) is 5. The first-order chi connectivity index (χ1) is 12.4. The Kier molecular flexibility index (Phi) is 6.40. The summed E-state index contributed by atoms with van der Waals surface area (Å²) in [7, 11) is 0. The number of ether oxygens (including phenoxy) is 1. The molecule has 130 valence electrons. The van der Waals surface area contributed by atoms with E-state index in [1.54, 1.807) is 17.6 Å². The molecule has 0 aliphatic heterocycles. The molecule has 0 amide bonds. The highest BCUT2D eigenvalue weighted by molar-refractivity contribution is 7.22. The zero-order valence-corrected chi connectivity index (χ0v) is 15.3. The summed E-state index contributed by atoms with van der Waals surface area (Å²) in [6.07, 6.45) is 6.59. The molecule has 0 aliphatic rings.